The van der Waals surface area contributed by atoms with Gasteiger partial charge in [0.15, 0.2) is 0 Å². The summed E-state index contributed by atoms with van der Waals surface area (Å²) in [6, 6.07) is 0. The van der Waals surface area contributed by atoms with Gasteiger partial charge in [-0.15, -0.1) is 0 Å². The van der Waals surface area contributed by atoms with Crippen molar-refractivity contribution in [2.45, 2.75) is 103 Å². The smallest absolute Gasteiger partial charge is 0.317 e. The minimum absolute atomic E-state index is 0.0293. The van der Waals surface area contributed by atoms with Gasteiger partial charge < -0.3 is 14.5 Å². The summed E-state index contributed by atoms with van der Waals surface area (Å²) in [4.78, 5) is 43.8. The first-order valence-corrected chi connectivity index (χ1v) is 13.4. The standard InChI is InChI=1S/C27H44N2O4/c1-3-4-5-6-7-14-19-29-23-15-10-8-11-16-27(23,26(32)33-2)21-22(25(29)31)20-24(30)28-17-12-9-13-18-28/h15,22H,3-14,16-21H2,1-2H3/t22-,27-/m0/s1. The highest BCUT2D eigenvalue weighted by atomic mass is 16.5. The Morgan fingerprint density at radius 3 is 2.48 bits per heavy atom. The zero-order chi connectivity index (χ0) is 23.7. The molecular formula is C27H44N2O4. The number of allylic oxidation sites excluding steroid dienone is 1. The van der Waals surface area contributed by atoms with Crippen LogP contribution in [0, 0.1) is 11.3 Å². The van der Waals surface area contributed by atoms with Crippen LogP contribution in [0.15, 0.2) is 11.8 Å². The van der Waals surface area contributed by atoms with E-state index in [2.05, 4.69) is 13.0 Å². The molecule has 6 nitrogen and oxygen atoms in total. The molecule has 0 N–H and O–H groups in total. The molecule has 2 heterocycles. The van der Waals surface area contributed by atoms with Gasteiger partial charge in [-0.3, -0.25) is 14.4 Å². The average molecular weight is 461 g/mol. The third-order valence-corrected chi connectivity index (χ3v) is 7.83. The summed E-state index contributed by atoms with van der Waals surface area (Å²) < 4.78 is 5.32. The maximum absolute atomic E-state index is 13.7. The van der Waals surface area contributed by atoms with Crippen molar-refractivity contribution in [3.8, 4) is 0 Å². The molecule has 186 valence electrons. The number of amides is 2. The average Bonchev–Trinajstić information content (AvgIpc) is 3.06. The van der Waals surface area contributed by atoms with Gasteiger partial charge in [-0.1, -0.05) is 51.5 Å². The van der Waals surface area contributed by atoms with Crippen molar-refractivity contribution in [1.82, 2.24) is 9.80 Å². The second kappa shape index (κ2) is 12.6. The number of likely N-dealkylation sites (tertiary alicyclic amines) is 2. The summed E-state index contributed by atoms with van der Waals surface area (Å²) in [6.07, 6.45) is 16.4. The van der Waals surface area contributed by atoms with Gasteiger partial charge in [-0.25, -0.2) is 0 Å². The highest BCUT2D eigenvalue weighted by Gasteiger charge is 2.53. The van der Waals surface area contributed by atoms with Gasteiger partial charge in [0.1, 0.15) is 5.41 Å². The third-order valence-electron chi connectivity index (χ3n) is 7.83. The van der Waals surface area contributed by atoms with Crippen molar-refractivity contribution in [1.29, 1.82) is 0 Å². The Bertz CT molecular complexity index is 713. The maximum Gasteiger partial charge on any atom is 0.317 e. The molecule has 1 aliphatic carbocycles. The third kappa shape index (κ3) is 6.19. The second-order valence-corrected chi connectivity index (χ2v) is 10.2. The number of unbranched alkanes of at least 4 members (excludes halogenated alkanes) is 5. The topological polar surface area (TPSA) is 66.9 Å². The summed E-state index contributed by atoms with van der Waals surface area (Å²) in [5.74, 6) is -0.601. The minimum atomic E-state index is -0.797. The van der Waals surface area contributed by atoms with E-state index in [1.807, 2.05) is 9.80 Å². The Morgan fingerprint density at radius 1 is 1.03 bits per heavy atom. The van der Waals surface area contributed by atoms with E-state index < -0.39 is 11.3 Å². The molecule has 2 fully saturated rings. The molecule has 33 heavy (non-hydrogen) atoms. The zero-order valence-corrected chi connectivity index (χ0v) is 20.9. The predicted molar refractivity (Wildman–Crippen MR) is 129 cm³/mol. The number of piperidine rings is 2. The van der Waals surface area contributed by atoms with Gasteiger partial charge in [-0.2, -0.15) is 0 Å². The van der Waals surface area contributed by atoms with E-state index in [0.717, 1.165) is 70.2 Å². The number of hydrogen-bond acceptors (Lipinski definition) is 4. The fourth-order valence-electron chi connectivity index (χ4n) is 5.96. The molecule has 2 saturated heterocycles. The molecule has 2 atom stereocenters. The number of methoxy groups -OCH3 is 1. The number of fused-ring (bicyclic) bond motifs is 1. The second-order valence-electron chi connectivity index (χ2n) is 10.2. The monoisotopic (exact) mass is 460 g/mol. The van der Waals surface area contributed by atoms with Crippen molar-refractivity contribution in [3.05, 3.63) is 11.8 Å². The number of esters is 1. The lowest BCUT2D eigenvalue weighted by molar-refractivity contribution is -0.160. The number of hydrogen-bond donors (Lipinski definition) is 0. The quantitative estimate of drug-likeness (QED) is 0.331. The lowest BCUT2D eigenvalue weighted by Gasteiger charge is -2.46. The van der Waals surface area contributed by atoms with Crippen molar-refractivity contribution >= 4 is 17.8 Å². The van der Waals surface area contributed by atoms with Crippen LogP contribution in [0.1, 0.15) is 103 Å². The molecule has 6 heteroatoms. The van der Waals surface area contributed by atoms with Gasteiger partial charge in [0, 0.05) is 37.7 Å². The van der Waals surface area contributed by atoms with Gasteiger partial charge in [-0.05, 0) is 51.4 Å². The Hall–Kier alpha value is -1.85. The summed E-state index contributed by atoms with van der Waals surface area (Å²) in [7, 11) is 1.45. The van der Waals surface area contributed by atoms with Crippen LogP contribution in [0.2, 0.25) is 0 Å². The van der Waals surface area contributed by atoms with E-state index in [9.17, 15) is 14.4 Å². The molecule has 0 aromatic heterocycles. The normalized spacial score (nSPS) is 25.8. The SMILES string of the molecule is CCCCCCCCN1C(=O)[C@@H](CC(=O)N2CCCCC2)C[C@@]2(C(=O)OC)CCCCC=C12. The molecule has 0 aromatic carbocycles. The Morgan fingerprint density at radius 2 is 1.76 bits per heavy atom. The van der Waals surface area contributed by atoms with E-state index >= 15 is 0 Å². The van der Waals surface area contributed by atoms with E-state index in [-0.39, 0.29) is 24.2 Å². The molecular weight excluding hydrogens is 416 g/mol. The van der Waals surface area contributed by atoms with Crippen LogP contribution in [0.3, 0.4) is 0 Å². The Balaban J connectivity index is 1.80. The minimum Gasteiger partial charge on any atom is -0.468 e. The largest absolute Gasteiger partial charge is 0.468 e. The van der Waals surface area contributed by atoms with Gasteiger partial charge in [0.25, 0.3) is 0 Å². The zero-order valence-electron chi connectivity index (χ0n) is 20.9. The molecule has 0 bridgehead atoms. The van der Waals surface area contributed by atoms with Crippen LogP contribution in [0.4, 0.5) is 0 Å². The summed E-state index contributed by atoms with van der Waals surface area (Å²) >= 11 is 0. The number of ether oxygens (including phenoxy) is 1. The lowest BCUT2D eigenvalue weighted by Crippen LogP contribution is -2.53. The highest BCUT2D eigenvalue weighted by molar-refractivity contribution is 5.92. The van der Waals surface area contributed by atoms with Gasteiger partial charge in [0.2, 0.25) is 11.8 Å². The summed E-state index contributed by atoms with van der Waals surface area (Å²) in [5.41, 5.74) is 0.0564. The van der Waals surface area contributed by atoms with Crippen molar-refractivity contribution in [2.75, 3.05) is 26.7 Å². The lowest BCUT2D eigenvalue weighted by atomic mass is 9.69. The summed E-state index contributed by atoms with van der Waals surface area (Å²) in [6.45, 7) is 4.41. The Kier molecular flexibility index (Phi) is 9.81. The van der Waals surface area contributed by atoms with E-state index in [4.69, 9.17) is 4.74 Å². The van der Waals surface area contributed by atoms with E-state index in [0.29, 0.717) is 19.4 Å². The van der Waals surface area contributed by atoms with Gasteiger partial charge in [0.05, 0.1) is 7.11 Å². The summed E-state index contributed by atoms with van der Waals surface area (Å²) in [5, 5.41) is 0. The van der Waals surface area contributed by atoms with Crippen molar-refractivity contribution in [3.63, 3.8) is 0 Å². The van der Waals surface area contributed by atoms with E-state index in [1.165, 1.54) is 32.8 Å². The maximum atomic E-state index is 13.7. The molecule has 0 radical (unpaired) electrons. The first kappa shape index (κ1) is 25.8. The fourth-order valence-corrected chi connectivity index (χ4v) is 5.96. The molecule has 0 aromatic rings. The molecule has 0 spiro atoms. The van der Waals surface area contributed by atoms with Crippen LogP contribution < -0.4 is 0 Å². The molecule has 0 unspecified atom stereocenters. The molecule has 3 aliphatic rings. The number of nitrogens with zero attached hydrogens (tertiary/aromatic N) is 2. The van der Waals surface area contributed by atoms with Crippen LogP contribution in [-0.4, -0.2) is 54.3 Å². The molecule has 2 amide bonds. The Labute approximate surface area is 200 Å². The number of carbonyl (C=O) groups excluding carboxylic acids is 3. The van der Waals surface area contributed by atoms with E-state index in [1.54, 1.807) is 0 Å². The predicted octanol–water partition coefficient (Wildman–Crippen LogP) is 5.22. The first-order chi connectivity index (χ1) is 16.0. The van der Waals surface area contributed by atoms with Crippen LogP contribution in [0.25, 0.3) is 0 Å². The van der Waals surface area contributed by atoms with Gasteiger partial charge >= 0.3 is 5.97 Å². The number of carbonyl (C=O) groups is 3. The fraction of sp³-hybridized carbons (Fsp3) is 0.815. The van der Waals surface area contributed by atoms with Crippen LogP contribution in [-0.2, 0) is 19.1 Å². The van der Waals surface area contributed by atoms with Crippen molar-refractivity contribution < 1.29 is 19.1 Å². The first-order valence-electron chi connectivity index (χ1n) is 13.4. The molecule has 0 saturated carbocycles. The number of rotatable bonds is 10. The van der Waals surface area contributed by atoms with Crippen LogP contribution >= 0.6 is 0 Å². The van der Waals surface area contributed by atoms with Crippen molar-refractivity contribution in [2.24, 2.45) is 11.3 Å². The van der Waals surface area contributed by atoms with Crippen LogP contribution in [0.5, 0.6) is 0 Å². The highest BCUT2D eigenvalue weighted by Crippen LogP contribution is 2.49. The molecule has 3 rings (SSSR count). The molecule has 2 aliphatic heterocycles.